The fraction of sp³-hybridized carbons (Fsp3) is 0.760. The van der Waals surface area contributed by atoms with Gasteiger partial charge in [-0.25, -0.2) is 0 Å². The lowest BCUT2D eigenvalue weighted by molar-refractivity contribution is -0.193. The lowest BCUT2D eigenvalue weighted by atomic mass is 9.53. The Bertz CT molecular complexity index is 736. The Balaban J connectivity index is 2.06. The second kappa shape index (κ2) is 8.49. The first-order valence-electron chi connectivity index (χ1n) is 11.5. The highest BCUT2D eigenvalue weighted by atomic mass is 16.5. The number of allylic oxidation sites excluding steroid dienone is 3. The van der Waals surface area contributed by atoms with Gasteiger partial charge >= 0.3 is 11.9 Å². The summed E-state index contributed by atoms with van der Waals surface area (Å²) in [4.78, 5) is 26.1. The van der Waals surface area contributed by atoms with Crippen LogP contribution in [0, 0.1) is 34.5 Å². The van der Waals surface area contributed by atoms with Gasteiger partial charge in [0.05, 0.1) is 23.5 Å². The van der Waals surface area contributed by atoms with Gasteiger partial charge in [-0.3, -0.25) is 9.59 Å². The van der Waals surface area contributed by atoms with E-state index in [9.17, 15) is 14.7 Å². The van der Waals surface area contributed by atoms with E-state index in [2.05, 4.69) is 32.1 Å². The molecular formula is C25H38O5. The molecule has 1 heterocycles. The molecule has 0 spiro atoms. The predicted octanol–water partition coefficient (Wildman–Crippen LogP) is 4.44. The number of ether oxygens (including phenoxy) is 2. The zero-order valence-electron chi connectivity index (χ0n) is 19.3. The maximum absolute atomic E-state index is 13.1. The molecule has 0 aromatic rings. The summed E-state index contributed by atoms with van der Waals surface area (Å²) in [7, 11) is 0. The van der Waals surface area contributed by atoms with E-state index in [0.717, 1.165) is 12.0 Å². The largest absolute Gasteiger partial charge is 0.465 e. The second-order valence-electron chi connectivity index (χ2n) is 10.2. The van der Waals surface area contributed by atoms with Crippen LogP contribution in [0.1, 0.15) is 67.2 Å². The summed E-state index contributed by atoms with van der Waals surface area (Å²) in [5.41, 5.74) is -0.429. The summed E-state index contributed by atoms with van der Waals surface area (Å²) in [5.74, 6) is -0.483. The van der Waals surface area contributed by atoms with Crippen molar-refractivity contribution in [2.45, 2.75) is 79.4 Å². The van der Waals surface area contributed by atoms with Crippen LogP contribution >= 0.6 is 0 Å². The van der Waals surface area contributed by atoms with Crippen molar-refractivity contribution in [2.24, 2.45) is 34.5 Å². The normalized spacial score (nSPS) is 39.0. The van der Waals surface area contributed by atoms with Crippen molar-refractivity contribution >= 4 is 11.9 Å². The molecule has 1 unspecified atom stereocenters. The number of cyclic esters (lactones) is 1. The van der Waals surface area contributed by atoms with Crippen LogP contribution in [0.25, 0.3) is 0 Å². The molecule has 0 radical (unpaired) electrons. The van der Waals surface area contributed by atoms with Crippen LogP contribution in [0.4, 0.5) is 0 Å². The van der Waals surface area contributed by atoms with Crippen molar-refractivity contribution in [1.82, 2.24) is 0 Å². The first-order valence-corrected chi connectivity index (χ1v) is 11.5. The monoisotopic (exact) mass is 418 g/mol. The maximum Gasteiger partial charge on any atom is 0.315 e. The summed E-state index contributed by atoms with van der Waals surface area (Å²) < 4.78 is 11.7. The van der Waals surface area contributed by atoms with E-state index in [4.69, 9.17) is 9.47 Å². The summed E-state index contributed by atoms with van der Waals surface area (Å²) in [5, 5.41) is 11.1. The summed E-state index contributed by atoms with van der Waals surface area (Å²) in [6, 6.07) is 0. The molecule has 0 bridgehead atoms. The smallest absolute Gasteiger partial charge is 0.315 e. The van der Waals surface area contributed by atoms with Gasteiger partial charge in [0, 0.05) is 12.3 Å². The van der Waals surface area contributed by atoms with Gasteiger partial charge in [-0.1, -0.05) is 45.9 Å². The average Bonchev–Trinajstić information content (AvgIpc) is 2.69. The lowest BCUT2D eigenvalue weighted by Crippen LogP contribution is -2.59. The molecule has 1 saturated heterocycles. The first kappa shape index (κ1) is 23.1. The average molecular weight is 419 g/mol. The van der Waals surface area contributed by atoms with Crippen molar-refractivity contribution in [1.29, 1.82) is 0 Å². The molecule has 5 nitrogen and oxygen atoms in total. The van der Waals surface area contributed by atoms with Gasteiger partial charge < -0.3 is 14.6 Å². The highest BCUT2D eigenvalue weighted by molar-refractivity contribution is 5.79. The third-order valence-corrected chi connectivity index (χ3v) is 7.89. The molecule has 1 fully saturated rings. The van der Waals surface area contributed by atoms with Crippen LogP contribution < -0.4 is 0 Å². The van der Waals surface area contributed by atoms with Crippen LogP contribution in [-0.4, -0.2) is 35.9 Å². The fourth-order valence-corrected chi connectivity index (χ4v) is 5.67. The van der Waals surface area contributed by atoms with Gasteiger partial charge in [0.25, 0.3) is 0 Å². The van der Waals surface area contributed by atoms with Crippen molar-refractivity contribution in [3.05, 3.63) is 23.8 Å². The number of aliphatic hydroxyl groups is 1. The highest BCUT2D eigenvalue weighted by Crippen LogP contribution is 2.54. The number of fused-ring (bicyclic) bond motifs is 1. The van der Waals surface area contributed by atoms with Crippen LogP contribution in [0.3, 0.4) is 0 Å². The Morgan fingerprint density at radius 3 is 2.63 bits per heavy atom. The summed E-state index contributed by atoms with van der Waals surface area (Å²) >= 11 is 0. The number of hydrogen-bond acceptors (Lipinski definition) is 5. The quantitative estimate of drug-likeness (QED) is 0.668. The van der Waals surface area contributed by atoms with E-state index < -0.39 is 16.9 Å². The lowest BCUT2D eigenvalue weighted by Gasteiger charge is -2.53. The van der Waals surface area contributed by atoms with Crippen molar-refractivity contribution in [3.8, 4) is 0 Å². The highest BCUT2D eigenvalue weighted by Gasteiger charge is 2.59. The molecule has 2 aliphatic carbocycles. The van der Waals surface area contributed by atoms with Crippen molar-refractivity contribution in [2.75, 3.05) is 6.61 Å². The van der Waals surface area contributed by atoms with E-state index in [1.165, 1.54) is 0 Å². The van der Waals surface area contributed by atoms with E-state index >= 15 is 0 Å². The Kier molecular flexibility index (Phi) is 6.52. The SMILES string of the molecule is CCC(C)(C)C(=O)O[C@H]1C[C@@H](C)C=C2C=C[C@H](C)[C@H](C3(CC)C(=O)OCC[C@H]3O)[C@H]21. The Morgan fingerprint density at radius 2 is 2.03 bits per heavy atom. The minimum atomic E-state index is -0.988. The molecule has 0 amide bonds. The molecule has 3 aliphatic rings. The Morgan fingerprint density at radius 1 is 1.33 bits per heavy atom. The van der Waals surface area contributed by atoms with Crippen LogP contribution in [0.5, 0.6) is 0 Å². The fourth-order valence-electron chi connectivity index (χ4n) is 5.67. The van der Waals surface area contributed by atoms with Crippen molar-refractivity contribution in [3.63, 3.8) is 0 Å². The number of hydrogen-bond donors (Lipinski definition) is 1. The van der Waals surface area contributed by atoms with Gasteiger partial charge in [0.1, 0.15) is 6.10 Å². The van der Waals surface area contributed by atoms with Gasteiger partial charge in [0.15, 0.2) is 0 Å². The van der Waals surface area contributed by atoms with Gasteiger partial charge in [-0.05, 0) is 56.4 Å². The van der Waals surface area contributed by atoms with Crippen LogP contribution in [0.2, 0.25) is 0 Å². The van der Waals surface area contributed by atoms with E-state index in [-0.39, 0.29) is 48.3 Å². The molecule has 5 heteroatoms. The number of aliphatic hydroxyl groups excluding tert-OH is 1. The van der Waals surface area contributed by atoms with E-state index in [1.807, 2.05) is 27.7 Å². The standard InChI is InChI=1S/C25H38O5/c1-7-24(5,6)22(27)30-18-14-15(3)13-17-10-9-16(4)21(20(17)18)25(8-2)19(26)11-12-29-23(25)28/h9-10,13,15-16,18-21,26H,7-8,11-12,14H2,1-6H3/t15-,16-,18-,19+,20+,21-,25?/m0/s1. The first-order chi connectivity index (χ1) is 14.1. The molecule has 168 valence electrons. The zero-order valence-corrected chi connectivity index (χ0v) is 19.3. The summed E-state index contributed by atoms with van der Waals surface area (Å²) in [6.45, 7) is 12.3. The molecule has 30 heavy (non-hydrogen) atoms. The molecule has 3 rings (SSSR count). The molecule has 1 aliphatic heterocycles. The number of esters is 2. The molecule has 0 aromatic carbocycles. The van der Waals surface area contributed by atoms with Crippen LogP contribution in [0.15, 0.2) is 23.8 Å². The minimum Gasteiger partial charge on any atom is -0.465 e. The molecule has 0 saturated carbocycles. The van der Waals surface area contributed by atoms with Gasteiger partial charge in [-0.2, -0.15) is 0 Å². The third kappa shape index (κ3) is 3.74. The maximum atomic E-state index is 13.1. The predicted molar refractivity (Wildman–Crippen MR) is 115 cm³/mol. The van der Waals surface area contributed by atoms with Gasteiger partial charge in [-0.15, -0.1) is 0 Å². The van der Waals surface area contributed by atoms with E-state index in [0.29, 0.717) is 19.3 Å². The van der Waals surface area contributed by atoms with E-state index in [1.54, 1.807) is 0 Å². The van der Waals surface area contributed by atoms with Gasteiger partial charge in [0.2, 0.25) is 0 Å². The second-order valence-corrected chi connectivity index (χ2v) is 10.2. The Labute approximate surface area is 180 Å². The summed E-state index contributed by atoms with van der Waals surface area (Å²) in [6.07, 6.45) is 7.78. The molecule has 1 N–H and O–H groups in total. The van der Waals surface area contributed by atoms with Crippen LogP contribution in [-0.2, 0) is 19.1 Å². The number of carbonyl (C=O) groups excluding carboxylic acids is 2. The molecular weight excluding hydrogens is 380 g/mol. The number of carbonyl (C=O) groups is 2. The number of rotatable bonds is 5. The molecule has 0 aromatic heterocycles. The third-order valence-electron chi connectivity index (χ3n) is 7.89. The molecule has 7 atom stereocenters. The zero-order chi connectivity index (χ0) is 22.3. The minimum absolute atomic E-state index is 0.0567. The topological polar surface area (TPSA) is 72.8 Å². The van der Waals surface area contributed by atoms with Crippen molar-refractivity contribution < 1.29 is 24.2 Å². The Hall–Kier alpha value is -1.62.